The van der Waals surface area contributed by atoms with Crippen LogP contribution in [-0.2, 0) is 0 Å². The smallest absolute Gasteiger partial charge is 0.225 e. The van der Waals surface area contributed by atoms with E-state index in [0.717, 1.165) is 35.5 Å². The third-order valence-corrected chi connectivity index (χ3v) is 5.13. The summed E-state index contributed by atoms with van der Waals surface area (Å²) in [4.78, 5) is 13.8. The molecule has 0 radical (unpaired) electrons. The number of para-hydroxylation sites is 1. The number of halogens is 1. The fraction of sp³-hybridized carbons (Fsp3) is 0.286. The fourth-order valence-electron chi connectivity index (χ4n) is 3.39. The molecule has 0 spiro atoms. The topological polar surface area (TPSA) is 62.7 Å². The predicted octanol–water partition coefficient (Wildman–Crippen LogP) is 5.60. The van der Waals surface area contributed by atoms with E-state index >= 15 is 0 Å². The van der Waals surface area contributed by atoms with Crippen LogP contribution in [0.3, 0.4) is 0 Å². The Labute approximate surface area is 164 Å². The molecule has 0 aliphatic heterocycles. The largest absolute Gasteiger partial charge is 0.351 e. The van der Waals surface area contributed by atoms with Crippen molar-refractivity contribution in [1.82, 2.24) is 15.0 Å². The minimum atomic E-state index is 0.430. The van der Waals surface area contributed by atoms with Gasteiger partial charge in [0, 0.05) is 18.3 Å². The minimum absolute atomic E-state index is 0.430. The van der Waals surface area contributed by atoms with Gasteiger partial charge in [-0.1, -0.05) is 42.6 Å². The summed E-state index contributed by atoms with van der Waals surface area (Å²) in [6.45, 7) is 2.02. The zero-order chi connectivity index (χ0) is 18.6. The molecule has 2 heterocycles. The van der Waals surface area contributed by atoms with Crippen LogP contribution in [-0.4, -0.2) is 21.0 Å². The summed E-state index contributed by atoms with van der Waals surface area (Å²) >= 11 is 6.38. The van der Waals surface area contributed by atoms with Crippen molar-refractivity contribution in [2.45, 2.75) is 38.6 Å². The lowest BCUT2D eigenvalue weighted by Crippen LogP contribution is -2.17. The number of benzene rings is 1. The van der Waals surface area contributed by atoms with E-state index in [1.807, 2.05) is 49.4 Å². The van der Waals surface area contributed by atoms with Crippen LogP contribution < -0.4 is 10.6 Å². The zero-order valence-corrected chi connectivity index (χ0v) is 16.0. The van der Waals surface area contributed by atoms with Crippen molar-refractivity contribution in [3.63, 3.8) is 0 Å². The van der Waals surface area contributed by atoms with Gasteiger partial charge < -0.3 is 10.6 Å². The van der Waals surface area contributed by atoms with Crippen LogP contribution in [0.5, 0.6) is 0 Å². The van der Waals surface area contributed by atoms with Gasteiger partial charge in [-0.3, -0.25) is 4.98 Å². The normalized spacial score (nSPS) is 14.3. The van der Waals surface area contributed by atoms with Gasteiger partial charge in [-0.05, 0) is 43.5 Å². The Bertz CT molecular complexity index is 903. The minimum Gasteiger partial charge on any atom is -0.351 e. The first-order valence-electron chi connectivity index (χ1n) is 9.28. The Kier molecular flexibility index (Phi) is 5.21. The highest BCUT2D eigenvalue weighted by Gasteiger charge is 2.17. The molecular formula is C21H22ClN5. The second-order valence-corrected chi connectivity index (χ2v) is 7.27. The summed E-state index contributed by atoms with van der Waals surface area (Å²) in [7, 11) is 0. The van der Waals surface area contributed by atoms with Crippen LogP contribution in [0.1, 0.15) is 31.2 Å². The third kappa shape index (κ3) is 4.19. The molecule has 1 saturated carbocycles. The summed E-state index contributed by atoms with van der Waals surface area (Å²) in [6.07, 6.45) is 6.59. The van der Waals surface area contributed by atoms with E-state index in [1.54, 1.807) is 6.20 Å². The molecule has 0 saturated heterocycles. The van der Waals surface area contributed by atoms with Gasteiger partial charge in [-0.2, -0.15) is 4.98 Å². The average molecular weight is 380 g/mol. The second kappa shape index (κ2) is 7.92. The molecule has 0 atom stereocenters. The Balaban J connectivity index is 1.71. The van der Waals surface area contributed by atoms with Gasteiger partial charge in [0.05, 0.1) is 22.1 Å². The Morgan fingerprint density at radius 2 is 1.85 bits per heavy atom. The highest BCUT2D eigenvalue weighted by Crippen LogP contribution is 2.30. The van der Waals surface area contributed by atoms with E-state index in [1.165, 1.54) is 12.8 Å². The molecule has 27 heavy (non-hydrogen) atoms. The molecule has 6 heteroatoms. The highest BCUT2D eigenvalue weighted by atomic mass is 35.5. The average Bonchev–Trinajstić information content (AvgIpc) is 3.18. The maximum absolute atomic E-state index is 6.38. The van der Waals surface area contributed by atoms with Gasteiger partial charge in [-0.15, -0.1) is 0 Å². The van der Waals surface area contributed by atoms with E-state index in [-0.39, 0.29) is 0 Å². The lowest BCUT2D eigenvalue weighted by Gasteiger charge is -2.16. The van der Waals surface area contributed by atoms with Crippen molar-refractivity contribution in [2.75, 3.05) is 10.6 Å². The molecular weight excluding hydrogens is 358 g/mol. The van der Waals surface area contributed by atoms with E-state index in [2.05, 4.69) is 20.6 Å². The molecule has 2 aromatic heterocycles. The molecule has 1 aliphatic carbocycles. The first kappa shape index (κ1) is 17.7. The number of anilines is 3. The molecule has 0 amide bonds. The first-order valence-corrected chi connectivity index (χ1v) is 9.66. The SMILES string of the molecule is Cc1cccc(Cl)c1Nc1cc(-c2ccccn2)nc(NC2CCCC2)n1. The number of nitrogens with one attached hydrogen (secondary N) is 2. The van der Waals surface area contributed by atoms with Gasteiger partial charge in [0.25, 0.3) is 0 Å². The van der Waals surface area contributed by atoms with Gasteiger partial charge in [0.1, 0.15) is 5.82 Å². The van der Waals surface area contributed by atoms with Crippen molar-refractivity contribution < 1.29 is 0 Å². The van der Waals surface area contributed by atoms with Crippen molar-refractivity contribution in [3.8, 4) is 11.4 Å². The number of aryl methyl sites for hydroxylation is 1. The molecule has 4 rings (SSSR count). The van der Waals surface area contributed by atoms with Crippen LogP contribution in [0.4, 0.5) is 17.5 Å². The van der Waals surface area contributed by atoms with Crippen LogP contribution in [0.25, 0.3) is 11.4 Å². The van der Waals surface area contributed by atoms with E-state index in [0.29, 0.717) is 22.8 Å². The van der Waals surface area contributed by atoms with Crippen molar-refractivity contribution in [3.05, 3.63) is 59.2 Å². The number of nitrogens with zero attached hydrogens (tertiary/aromatic N) is 3. The van der Waals surface area contributed by atoms with Crippen molar-refractivity contribution >= 4 is 29.1 Å². The summed E-state index contributed by atoms with van der Waals surface area (Å²) in [5.41, 5.74) is 3.51. The quantitative estimate of drug-likeness (QED) is 0.604. The lowest BCUT2D eigenvalue weighted by molar-refractivity contribution is 0.744. The van der Waals surface area contributed by atoms with Gasteiger partial charge >= 0.3 is 0 Å². The molecule has 3 aromatic rings. The molecule has 5 nitrogen and oxygen atoms in total. The maximum atomic E-state index is 6.38. The van der Waals surface area contributed by atoms with Crippen molar-refractivity contribution in [2.24, 2.45) is 0 Å². The number of hydrogen-bond donors (Lipinski definition) is 2. The predicted molar refractivity (Wildman–Crippen MR) is 111 cm³/mol. The Hall–Kier alpha value is -2.66. The van der Waals surface area contributed by atoms with E-state index < -0.39 is 0 Å². The second-order valence-electron chi connectivity index (χ2n) is 6.86. The fourth-order valence-corrected chi connectivity index (χ4v) is 3.66. The molecule has 1 aliphatic rings. The van der Waals surface area contributed by atoms with Gasteiger partial charge in [0.2, 0.25) is 5.95 Å². The van der Waals surface area contributed by atoms with E-state index in [9.17, 15) is 0 Å². The highest BCUT2D eigenvalue weighted by molar-refractivity contribution is 6.33. The molecule has 1 aromatic carbocycles. The summed E-state index contributed by atoms with van der Waals surface area (Å²) < 4.78 is 0. The van der Waals surface area contributed by atoms with Crippen LogP contribution in [0.2, 0.25) is 5.02 Å². The zero-order valence-electron chi connectivity index (χ0n) is 15.2. The standard InChI is InChI=1S/C21H22ClN5/c1-14-7-6-10-16(22)20(14)26-19-13-18(17-11-4-5-12-23-17)25-21(27-19)24-15-8-2-3-9-15/h4-7,10-13,15H,2-3,8-9H2,1H3,(H2,24,25,26,27). The van der Waals surface area contributed by atoms with Crippen molar-refractivity contribution in [1.29, 1.82) is 0 Å². The van der Waals surface area contributed by atoms with Crippen LogP contribution >= 0.6 is 11.6 Å². The number of aromatic nitrogens is 3. The number of pyridine rings is 1. The monoisotopic (exact) mass is 379 g/mol. The number of hydrogen-bond acceptors (Lipinski definition) is 5. The molecule has 1 fully saturated rings. The number of rotatable bonds is 5. The Morgan fingerprint density at radius 3 is 2.59 bits per heavy atom. The van der Waals surface area contributed by atoms with Gasteiger partial charge in [0.15, 0.2) is 0 Å². The third-order valence-electron chi connectivity index (χ3n) is 4.82. The molecule has 0 unspecified atom stereocenters. The summed E-state index contributed by atoms with van der Waals surface area (Å²) in [5.74, 6) is 1.32. The van der Waals surface area contributed by atoms with E-state index in [4.69, 9.17) is 16.6 Å². The van der Waals surface area contributed by atoms with Crippen LogP contribution in [0, 0.1) is 6.92 Å². The first-order chi connectivity index (χ1) is 13.2. The Morgan fingerprint density at radius 1 is 1.00 bits per heavy atom. The molecule has 0 bridgehead atoms. The maximum Gasteiger partial charge on any atom is 0.225 e. The van der Waals surface area contributed by atoms with Gasteiger partial charge in [-0.25, -0.2) is 4.98 Å². The molecule has 138 valence electrons. The molecule has 2 N–H and O–H groups in total. The summed E-state index contributed by atoms with van der Waals surface area (Å²) in [5, 5.41) is 7.51. The summed E-state index contributed by atoms with van der Waals surface area (Å²) in [6, 6.07) is 14.0. The van der Waals surface area contributed by atoms with Crippen LogP contribution in [0.15, 0.2) is 48.7 Å². The lowest BCUT2D eigenvalue weighted by atomic mass is 10.2.